The molecule has 2 atom stereocenters. The molecule has 0 bridgehead atoms. The molecule has 10 heteroatoms. The van der Waals surface area contributed by atoms with Gasteiger partial charge in [-0.2, -0.15) is 0 Å². The van der Waals surface area contributed by atoms with E-state index in [9.17, 15) is 28.3 Å². The number of carbonyl (C=O) groups is 2. The summed E-state index contributed by atoms with van der Waals surface area (Å²) in [6.45, 7) is 9.76. The molecule has 2 N–H and O–H groups in total. The van der Waals surface area contributed by atoms with Gasteiger partial charge in [-0.15, -0.1) is 0 Å². The first-order valence-electron chi connectivity index (χ1n) is 12.2. The Balaban J connectivity index is 1.67. The monoisotopic (exact) mass is 502 g/mol. The van der Waals surface area contributed by atoms with Crippen LogP contribution in [0.2, 0.25) is 0 Å². The number of hydrogen-bond donors (Lipinski definition) is 2. The van der Waals surface area contributed by atoms with Crippen LogP contribution in [-0.2, 0) is 13.1 Å². The second-order valence-corrected chi connectivity index (χ2v) is 10.3. The highest BCUT2D eigenvalue weighted by Crippen LogP contribution is 2.38. The van der Waals surface area contributed by atoms with Crippen molar-refractivity contribution >= 4 is 11.8 Å². The zero-order valence-electron chi connectivity index (χ0n) is 21.0. The Kier molecular flexibility index (Phi) is 6.92. The third kappa shape index (κ3) is 4.50. The molecule has 1 aromatic heterocycles. The van der Waals surface area contributed by atoms with Gasteiger partial charge in [0, 0.05) is 43.5 Å². The van der Waals surface area contributed by atoms with E-state index in [0.29, 0.717) is 12.0 Å². The third-order valence-electron chi connectivity index (χ3n) is 7.28. The summed E-state index contributed by atoms with van der Waals surface area (Å²) in [6, 6.07) is 2.88. The van der Waals surface area contributed by atoms with Crippen LogP contribution in [0.5, 0.6) is 5.75 Å². The number of rotatable bonds is 6. The molecule has 2 aromatic rings. The number of carbonyl (C=O) groups excluding carboxylic acids is 2. The van der Waals surface area contributed by atoms with Crippen molar-refractivity contribution in [2.75, 3.05) is 13.1 Å². The predicted molar refractivity (Wildman–Crippen MR) is 130 cm³/mol. The summed E-state index contributed by atoms with van der Waals surface area (Å²) in [5, 5.41) is 13.2. The Morgan fingerprint density at radius 1 is 1.28 bits per heavy atom. The number of aromatic nitrogens is 1. The lowest BCUT2D eigenvalue weighted by atomic mass is 9.93. The summed E-state index contributed by atoms with van der Waals surface area (Å²) < 4.78 is 28.6. The van der Waals surface area contributed by atoms with E-state index in [-0.39, 0.29) is 36.0 Å². The van der Waals surface area contributed by atoms with Crippen LogP contribution in [0.15, 0.2) is 29.2 Å². The van der Waals surface area contributed by atoms with Gasteiger partial charge in [-0.05, 0) is 38.7 Å². The molecule has 2 amide bonds. The Bertz CT molecular complexity index is 1260. The highest BCUT2D eigenvalue weighted by atomic mass is 19.1. The van der Waals surface area contributed by atoms with Gasteiger partial charge in [-0.25, -0.2) is 8.78 Å². The maximum Gasteiger partial charge on any atom is 0.276 e. The zero-order chi connectivity index (χ0) is 26.4. The molecule has 2 aliphatic heterocycles. The van der Waals surface area contributed by atoms with Crippen molar-refractivity contribution in [3.63, 3.8) is 0 Å². The molecule has 8 nitrogen and oxygen atoms in total. The molecule has 2 aliphatic rings. The number of amides is 2. The summed E-state index contributed by atoms with van der Waals surface area (Å²) in [7, 11) is 0. The quantitative estimate of drug-likeness (QED) is 0.633. The van der Waals surface area contributed by atoms with Crippen molar-refractivity contribution in [1.29, 1.82) is 0 Å². The van der Waals surface area contributed by atoms with Crippen LogP contribution in [0.3, 0.4) is 0 Å². The van der Waals surface area contributed by atoms with Gasteiger partial charge in [0.25, 0.3) is 11.8 Å². The van der Waals surface area contributed by atoms with E-state index in [1.165, 1.54) is 16.8 Å². The number of nitrogens with one attached hydrogen (secondary N) is 1. The molecule has 1 fully saturated rings. The number of hydrogen-bond acceptors (Lipinski definition) is 5. The lowest BCUT2D eigenvalue weighted by Gasteiger charge is -2.57. The van der Waals surface area contributed by atoms with E-state index >= 15 is 0 Å². The van der Waals surface area contributed by atoms with Gasteiger partial charge in [-0.1, -0.05) is 19.9 Å². The first-order valence-corrected chi connectivity index (χ1v) is 12.2. The molecule has 0 saturated carbocycles. The van der Waals surface area contributed by atoms with Gasteiger partial charge >= 0.3 is 0 Å². The fraction of sp³-hybridized carbons (Fsp3) is 0.500. The highest BCUT2D eigenvalue weighted by Gasteiger charge is 2.51. The number of halogens is 2. The fourth-order valence-corrected chi connectivity index (χ4v) is 5.23. The molecular formula is C26H32F2N4O4. The number of benzene rings is 1. The van der Waals surface area contributed by atoms with Gasteiger partial charge in [0.15, 0.2) is 11.4 Å². The largest absolute Gasteiger partial charge is 0.503 e. The van der Waals surface area contributed by atoms with Gasteiger partial charge in [0.05, 0.1) is 6.54 Å². The van der Waals surface area contributed by atoms with Crippen molar-refractivity contribution < 1.29 is 23.5 Å². The van der Waals surface area contributed by atoms with E-state index < -0.39 is 40.3 Å². The molecule has 0 aliphatic carbocycles. The van der Waals surface area contributed by atoms with Crippen LogP contribution in [0.25, 0.3) is 0 Å². The zero-order valence-corrected chi connectivity index (χ0v) is 21.0. The Hall–Kier alpha value is -3.27. The topological polar surface area (TPSA) is 94.9 Å². The predicted octanol–water partition coefficient (Wildman–Crippen LogP) is 3.07. The number of pyridine rings is 1. The summed E-state index contributed by atoms with van der Waals surface area (Å²) in [5.74, 6) is -3.16. The van der Waals surface area contributed by atoms with Crippen molar-refractivity contribution in [3.05, 3.63) is 63.1 Å². The van der Waals surface area contributed by atoms with Crippen LogP contribution >= 0.6 is 0 Å². The van der Waals surface area contributed by atoms with E-state index in [1.807, 2.05) is 13.8 Å². The fourth-order valence-electron chi connectivity index (χ4n) is 5.23. The second-order valence-electron chi connectivity index (χ2n) is 10.3. The summed E-state index contributed by atoms with van der Waals surface area (Å²) in [6.07, 6.45) is 3.00. The van der Waals surface area contributed by atoms with Gasteiger partial charge < -0.3 is 19.9 Å². The van der Waals surface area contributed by atoms with Crippen LogP contribution in [0.4, 0.5) is 8.78 Å². The maximum absolute atomic E-state index is 14.0. The van der Waals surface area contributed by atoms with E-state index in [4.69, 9.17) is 0 Å². The lowest BCUT2D eigenvalue weighted by Crippen LogP contribution is -2.71. The van der Waals surface area contributed by atoms with Gasteiger partial charge in [0.2, 0.25) is 5.43 Å². The maximum atomic E-state index is 14.0. The van der Waals surface area contributed by atoms with Crippen LogP contribution in [0.1, 0.15) is 66.9 Å². The molecule has 4 rings (SSSR count). The highest BCUT2D eigenvalue weighted by molar-refractivity contribution is 5.99. The minimum atomic E-state index is -0.975. The summed E-state index contributed by atoms with van der Waals surface area (Å²) in [5.41, 5.74) is -2.14. The van der Waals surface area contributed by atoms with E-state index in [1.54, 1.807) is 4.90 Å². The second kappa shape index (κ2) is 9.65. The summed E-state index contributed by atoms with van der Waals surface area (Å²) in [4.78, 5) is 43.3. The molecule has 1 unspecified atom stereocenters. The number of aromatic hydroxyl groups is 1. The molecule has 36 heavy (non-hydrogen) atoms. The standard InChI is InChI=1S/C26H32F2N4O4/c1-15(2)7-9-31-10-8-16(3)32-25(36)21-23(34)22(33)19(13-30(21)14-26(31,32)4)24(35)29-12-17-5-6-18(27)11-20(17)28/h5-6,11,13,15-16,34H,7-10,12,14H2,1-4H3,(H,29,35)/t16-,26?/m0/s1. The van der Waals surface area contributed by atoms with Crippen molar-refractivity contribution in [2.24, 2.45) is 5.92 Å². The average Bonchev–Trinajstić information content (AvgIpc) is 2.79. The van der Waals surface area contributed by atoms with Crippen molar-refractivity contribution in [1.82, 2.24) is 19.7 Å². The average molecular weight is 503 g/mol. The molecule has 1 aromatic carbocycles. The molecule has 194 valence electrons. The molecule has 0 radical (unpaired) electrons. The first-order chi connectivity index (χ1) is 16.9. The van der Waals surface area contributed by atoms with Crippen LogP contribution < -0.4 is 10.7 Å². The molecular weight excluding hydrogens is 470 g/mol. The van der Waals surface area contributed by atoms with E-state index in [0.717, 1.165) is 32.0 Å². The number of fused-ring (bicyclic) bond motifs is 2. The Labute approximate surface area is 208 Å². The SMILES string of the molecule is CC(C)CCN1CC[C@H](C)N2C(=O)c3c(O)c(=O)c(C(=O)NCc4ccc(F)cc4F)cn3CC12C. The van der Waals surface area contributed by atoms with Crippen LogP contribution in [-0.4, -0.2) is 56.1 Å². The normalized spacial score (nSPS) is 21.9. The summed E-state index contributed by atoms with van der Waals surface area (Å²) >= 11 is 0. The lowest BCUT2D eigenvalue weighted by molar-refractivity contribution is -0.1000. The third-order valence-corrected chi connectivity index (χ3v) is 7.28. The number of nitrogens with zero attached hydrogens (tertiary/aromatic N) is 3. The van der Waals surface area contributed by atoms with E-state index in [2.05, 4.69) is 24.1 Å². The molecule has 0 spiro atoms. The van der Waals surface area contributed by atoms with Crippen molar-refractivity contribution in [3.8, 4) is 5.75 Å². The molecule has 3 heterocycles. The first kappa shape index (κ1) is 25.8. The smallest absolute Gasteiger partial charge is 0.276 e. The minimum Gasteiger partial charge on any atom is -0.503 e. The Morgan fingerprint density at radius 2 is 2.00 bits per heavy atom. The minimum absolute atomic E-state index is 0.0438. The van der Waals surface area contributed by atoms with Crippen molar-refractivity contribution in [2.45, 2.75) is 65.3 Å². The molecule has 1 saturated heterocycles. The van der Waals surface area contributed by atoms with Gasteiger partial charge in [-0.3, -0.25) is 19.3 Å². The van der Waals surface area contributed by atoms with Gasteiger partial charge in [0.1, 0.15) is 22.9 Å². The van der Waals surface area contributed by atoms with Crippen LogP contribution in [0, 0.1) is 17.6 Å². The Morgan fingerprint density at radius 3 is 2.67 bits per heavy atom.